The van der Waals surface area contributed by atoms with Gasteiger partial charge in [0.05, 0.1) is 5.75 Å². The maximum atomic E-state index is 13.0. The van der Waals surface area contributed by atoms with E-state index in [1.165, 1.54) is 52.9 Å². The van der Waals surface area contributed by atoms with Crippen LogP contribution in [0.3, 0.4) is 0 Å². The van der Waals surface area contributed by atoms with Crippen molar-refractivity contribution in [2.45, 2.75) is 30.8 Å². The summed E-state index contributed by atoms with van der Waals surface area (Å²) in [6, 6.07) is 15.7. The van der Waals surface area contributed by atoms with Gasteiger partial charge in [-0.1, -0.05) is 53.4 Å². The highest BCUT2D eigenvalue weighted by molar-refractivity contribution is 7.98. The summed E-state index contributed by atoms with van der Waals surface area (Å²) in [7, 11) is 0. The molecule has 31 heavy (non-hydrogen) atoms. The summed E-state index contributed by atoms with van der Waals surface area (Å²) in [6.07, 6.45) is 0.717. The molecule has 2 heterocycles. The Morgan fingerprint density at radius 3 is 2.58 bits per heavy atom. The predicted molar refractivity (Wildman–Crippen MR) is 119 cm³/mol. The highest BCUT2D eigenvalue weighted by Crippen LogP contribution is 2.25. The lowest BCUT2D eigenvalue weighted by Crippen LogP contribution is -2.11. The molecule has 0 unspecified atom stereocenters. The number of aromatic nitrogens is 5. The van der Waals surface area contributed by atoms with Gasteiger partial charge in [0.2, 0.25) is 5.01 Å². The van der Waals surface area contributed by atoms with Gasteiger partial charge in [0.25, 0.3) is 5.91 Å². The van der Waals surface area contributed by atoms with Gasteiger partial charge in [0.1, 0.15) is 16.6 Å². The quantitative estimate of drug-likeness (QED) is 0.397. The molecule has 2 aromatic heterocycles. The molecule has 2 aromatic carbocycles. The number of carbonyl (C=O) groups excluding carboxylic acids is 1. The summed E-state index contributed by atoms with van der Waals surface area (Å²) in [5.41, 5.74) is 1.68. The van der Waals surface area contributed by atoms with Crippen molar-refractivity contribution in [3.05, 3.63) is 81.8 Å². The van der Waals surface area contributed by atoms with Gasteiger partial charge < -0.3 is 9.88 Å². The van der Waals surface area contributed by atoms with Crippen LogP contribution >= 0.6 is 23.1 Å². The molecular formula is C21H19FN6OS2. The Hall–Kier alpha value is -3.11. The number of halogens is 1. The fourth-order valence-corrected chi connectivity index (χ4v) is 4.64. The van der Waals surface area contributed by atoms with E-state index >= 15 is 0 Å². The summed E-state index contributed by atoms with van der Waals surface area (Å²) in [5.74, 6) is 0.709. The minimum absolute atomic E-state index is 0.252. The van der Waals surface area contributed by atoms with E-state index in [0.717, 1.165) is 23.9 Å². The number of hydrogen-bond donors (Lipinski definition) is 1. The average molecular weight is 455 g/mol. The van der Waals surface area contributed by atoms with Crippen LogP contribution in [0.1, 0.15) is 33.1 Å². The minimum Gasteiger partial charge on any atom is -0.320 e. The zero-order valence-electron chi connectivity index (χ0n) is 16.7. The first-order valence-electron chi connectivity index (χ1n) is 9.60. The maximum Gasteiger partial charge on any atom is 0.286 e. The first-order valence-corrected chi connectivity index (χ1v) is 11.4. The predicted octanol–water partition coefficient (Wildman–Crippen LogP) is 4.42. The normalized spacial score (nSPS) is 10.9. The number of thioether (sulfide) groups is 1. The van der Waals surface area contributed by atoms with E-state index in [0.29, 0.717) is 16.4 Å². The van der Waals surface area contributed by atoms with Crippen molar-refractivity contribution in [3.8, 4) is 0 Å². The lowest BCUT2D eigenvalue weighted by Gasteiger charge is -2.06. The van der Waals surface area contributed by atoms with Crippen LogP contribution in [-0.2, 0) is 18.7 Å². The van der Waals surface area contributed by atoms with Crippen molar-refractivity contribution in [3.63, 3.8) is 0 Å². The van der Waals surface area contributed by atoms with Crippen LogP contribution in [0.2, 0.25) is 0 Å². The minimum atomic E-state index is -0.373. The number of rotatable bonds is 8. The molecule has 7 nitrogen and oxygen atoms in total. The van der Waals surface area contributed by atoms with Crippen molar-refractivity contribution in [1.29, 1.82) is 0 Å². The number of benzene rings is 2. The fraction of sp³-hybridized carbons (Fsp3) is 0.190. The lowest BCUT2D eigenvalue weighted by molar-refractivity contribution is 0.102. The van der Waals surface area contributed by atoms with Gasteiger partial charge in [-0.15, -0.1) is 20.4 Å². The molecule has 4 aromatic rings. The zero-order chi connectivity index (χ0) is 21.6. The molecule has 0 aliphatic carbocycles. The number of hydrogen-bond acceptors (Lipinski definition) is 7. The molecule has 0 atom stereocenters. The largest absolute Gasteiger partial charge is 0.320 e. The smallest absolute Gasteiger partial charge is 0.286 e. The van der Waals surface area contributed by atoms with Crippen molar-refractivity contribution in [2.24, 2.45) is 0 Å². The van der Waals surface area contributed by atoms with Gasteiger partial charge in [-0.25, -0.2) is 4.39 Å². The summed E-state index contributed by atoms with van der Waals surface area (Å²) in [6.45, 7) is 2.82. The summed E-state index contributed by atoms with van der Waals surface area (Å²) >= 11 is 2.73. The Morgan fingerprint density at radius 2 is 1.84 bits per heavy atom. The van der Waals surface area contributed by atoms with Gasteiger partial charge in [-0.3, -0.25) is 4.79 Å². The number of anilines is 1. The van der Waals surface area contributed by atoms with Gasteiger partial charge in [-0.05, 0) is 36.8 Å². The van der Waals surface area contributed by atoms with Crippen molar-refractivity contribution < 1.29 is 9.18 Å². The SMILES string of the molecule is CCn1c(Cc2ccccc2)nnc1SCc1nnc(C(=O)Nc2ccc(F)cc2)s1. The number of nitrogens with one attached hydrogen (secondary N) is 1. The number of nitrogens with zero attached hydrogens (tertiary/aromatic N) is 5. The van der Waals surface area contributed by atoms with Crippen LogP contribution in [0, 0.1) is 5.82 Å². The molecule has 4 rings (SSSR count). The van der Waals surface area contributed by atoms with Crippen LogP contribution in [0.15, 0.2) is 59.8 Å². The van der Waals surface area contributed by atoms with Crippen molar-refractivity contribution in [1.82, 2.24) is 25.0 Å². The first kappa shape index (κ1) is 21.1. The van der Waals surface area contributed by atoms with E-state index in [9.17, 15) is 9.18 Å². The second-order valence-electron chi connectivity index (χ2n) is 6.56. The average Bonchev–Trinajstić information content (AvgIpc) is 3.41. The summed E-state index contributed by atoms with van der Waals surface area (Å²) in [4.78, 5) is 12.3. The van der Waals surface area contributed by atoms with Gasteiger partial charge >= 0.3 is 0 Å². The molecule has 0 fully saturated rings. The molecular weight excluding hydrogens is 435 g/mol. The molecule has 1 amide bonds. The Labute approximate surface area is 186 Å². The summed E-state index contributed by atoms with van der Waals surface area (Å²) in [5, 5.41) is 21.2. The van der Waals surface area contributed by atoms with Gasteiger partial charge in [-0.2, -0.15) is 0 Å². The molecule has 0 aliphatic rings. The zero-order valence-corrected chi connectivity index (χ0v) is 18.3. The molecule has 0 saturated carbocycles. The van der Waals surface area contributed by atoms with E-state index in [1.54, 1.807) is 0 Å². The molecule has 0 saturated heterocycles. The summed E-state index contributed by atoms with van der Waals surface area (Å²) < 4.78 is 15.1. The Morgan fingerprint density at radius 1 is 1.06 bits per heavy atom. The van der Waals surface area contributed by atoms with E-state index < -0.39 is 0 Å². The van der Waals surface area contributed by atoms with E-state index in [2.05, 4.69) is 49.3 Å². The van der Waals surface area contributed by atoms with E-state index in [1.807, 2.05) is 18.2 Å². The van der Waals surface area contributed by atoms with Crippen LogP contribution in [0.25, 0.3) is 0 Å². The van der Waals surface area contributed by atoms with Crippen LogP contribution in [0.5, 0.6) is 0 Å². The third kappa shape index (κ3) is 5.33. The van der Waals surface area contributed by atoms with Crippen molar-refractivity contribution >= 4 is 34.7 Å². The molecule has 0 spiro atoms. The topological polar surface area (TPSA) is 85.6 Å². The van der Waals surface area contributed by atoms with Crippen molar-refractivity contribution in [2.75, 3.05) is 5.32 Å². The van der Waals surface area contributed by atoms with Crippen LogP contribution in [-0.4, -0.2) is 30.9 Å². The van der Waals surface area contributed by atoms with Gasteiger partial charge in [0.15, 0.2) is 5.16 Å². The fourth-order valence-electron chi connectivity index (χ4n) is 2.90. The monoisotopic (exact) mass is 454 g/mol. The Balaban J connectivity index is 1.38. The molecule has 158 valence electrons. The standard InChI is InChI=1S/C21H19FN6OS2/c1-2-28-17(12-14-6-4-3-5-7-14)24-27-21(28)30-13-18-25-26-20(31-18)19(29)23-16-10-8-15(22)9-11-16/h3-11H,2,12-13H2,1H3,(H,23,29). The first-order chi connectivity index (χ1) is 15.1. The van der Waals surface area contributed by atoms with Crippen LogP contribution < -0.4 is 5.32 Å². The molecule has 1 N–H and O–H groups in total. The molecule has 0 aliphatic heterocycles. The van der Waals surface area contributed by atoms with Crippen LogP contribution in [0.4, 0.5) is 10.1 Å². The second-order valence-corrected chi connectivity index (χ2v) is 8.56. The molecule has 0 radical (unpaired) electrons. The number of amides is 1. The Bertz CT molecular complexity index is 1160. The third-order valence-corrected chi connectivity index (χ3v) is 6.49. The van der Waals surface area contributed by atoms with Gasteiger partial charge in [0, 0.05) is 18.7 Å². The Kier molecular flexibility index (Phi) is 6.68. The second kappa shape index (κ2) is 9.80. The highest BCUT2D eigenvalue weighted by Gasteiger charge is 2.16. The van der Waals surface area contributed by atoms with E-state index in [-0.39, 0.29) is 16.7 Å². The highest BCUT2D eigenvalue weighted by atomic mass is 32.2. The maximum absolute atomic E-state index is 13.0. The lowest BCUT2D eigenvalue weighted by atomic mass is 10.1. The molecule has 10 heteroatoms. The molecule has 0 bridgehead atoms. The third-order valence-electron chi connectivity index (χ3n) is 4.40. The van der Waals surface area contributed by atoms with E-state index in [4.69, 9.17) is 0 Å². The number of carbonyl (C=O) groups is 1.